The second-order valence-corrected chi connectivity index (χ2v) is 12.0. The van der Waals surface area contributed by atoms with Crippen LogP contribution in [0.1, 0.15) is 48.6 Å². The Labute approximate surface area is 275 Å². The van der Waals surface area contributed by atoms with Gasteiger partial charge in [0, 0.05) is 21.2 Å². The number of esters is 1. The monoisotopic (exact) mass is 662 g/mol. The molecule has 0 saturated carbocycles. The summed E-state index contributed by atoms with van der Waals surface area (Å²) in [7, 11) is 1.34. The molecular formula is C35H32Cl2N2O5S. The second-order valence-electron chi connectivity index (χ2n) is 10.2. The summed E-state index contributed by atoms with van der Waals surface area (Å²) >= 11 is 13.7. The zero-order valence-electron chi connectivity index (χ0n) is 25.1. The van der Waals surface area contributed by atoms with E-state index in [4.69, 9.17) is 42.4 Å². The smallest absolute Gasteiger partial charge is 0.338 e. The van der Waals surface area contributed by atoms with Gasteiger partial charge in [-0.25, -0.2) is 9.79 Å². The SMILES string of the molecule is C=CCc1cc(/C=c2\sc3n(c2=O)[C@H](c2ccccc2)C(C(=O)OC)=C(CC)N=3)cc(OCC)c1OCc1ccc(Cl)cc1Cl. The van der Waals surface area contributed by atoms with Crippen LogP contribution in [0.25, 0.3) is 6.08 Å². The number of hydrogen-bond donors (Lipinski definition) is 0. The quantitative estimate of drug-likeness (QED) is 0.130. The van der Waals surface area contributed by atoms with Crippen LogP contribution in [0.15, 0.2) is 94.4 Å². The third-order valence-corrected chi connectivity index (χ3v) is 8.84. The lowest BCUT2D eigenvalue weighted by Crippen LogP contribution is -2.40. The largest absolute Gasteiger partial charge is 0.490 e. The first-order valence-corrected chi connectivity index (χ1v) is 16.0. The first-order chi connectivity index (χ1) is 21.8. The summed E-state index contributed by atoms with van der Waals surface area (Å²) in [6.45, 7) is 8.36. The van der Waals surface area contributed by atoms with E-state index < -0.39 is 12.0 Å². The molecule has 0 aliphatic carbocycles. The lowest BCUT2D eigenvalue weighted by Gasteiger charge is -2.25. The summed E-state index contributed by atoms with van der Waals surface area (Å²) < 4.78 is 19.5. The number of carbonyl (C=O) groups excluding carboxylic acids is 1. The van der Waals surface area contributed by atoms with Crippen LogP contribution in [0.4, 0.5) is 0 Å². The zero-order valence-corrected chi connectivity index (χ0v) is 27.5. The third-order valence-electron chi connectivity index (χ3n) is 7.27. The number of methoxy groups -OCH3 is 1. The lowest BCUT2D eigenvalue weighted by molar-refractivity contribution is -0.136. The van der Waals surface area contributed by atoms with Crippen molar-refractivity contribution in [3.8, 4) is 11.5 Å². The molecule has 0 amide bonds. The van der Waals surface area contributed by atoms with Gasteiger partial charge in [0.2, 0.25) is 0 Å². The fourth-order valence-corrected chi connectivity index (χ4v) is 6.74. The van der Waals surface area contributed by atoms with Crippen molar-refractivity contribution >= 4 is 46.6 Å². The molecule has 1 aromatic heterocycles. The number of aromatic nitrogens is 1. The van der Waals surface area contributed by atoms with Crippen LogP contribution < -0.4 is 24.4 Å². The van der Waals surface area contributed by atoms with Crippen molar-refractivity contribution in [2.45, 2.75) is 39.3 Å². The Morgan fingerprint density at radius 2 is 1.84 bits per heavy atom. The number of nitrogens with zero attached hydrogens (tertiary/aromatic N) is 2. The van der Waals surface area contributed by atoms with Gasteiger partial charge in [-0.2, -0.15) is 0 Å². The Bertz CT molecular complexity index is 1960. The minimum Gasteiger partial charge on any atom is -0.490 e. The van der Waals surface area contributed by atoms with Gasteiger partial charge in [-0.1, -0.05) is 83.9 Å². The summed E-state index contributed by atoms with van der Waals surface area (Å²) in [5, 5.41) is 1.05. The normalized spacial score (nSPS) is 14.5. The predicted molar refractivity (Wildman–Crippen MR) is 179 cm³/mol. The standard InChI is InChI=1S/C35H32Cl2N2O5S/c1-5-11-23-16-21(17-28(43-7-3)32(23)44-20-24-14-15-25(36)19-26(24)37)18-29-33(40)39-31(22-12-9-8-10-13-22)30(34(41)42-4)27(6-2)38-35(39)45-29/h5,8-10,12-19,31H,1,6-7,11,20H2,2-4H3/b29-18-/t31-/m1/s1. The molecule has 0 saturated heterocycles. The molecule has 0 radical (unpaired) electrons. The van der Waals surface area contributed by atoms with E-state index in [2.05, 4.69) is 6.58 Å². The summed E-state index contributed by atoms with van der Waals surface area (Å²) in [6, 6.07) is 17.8. The number of carbonyl (C=O) groups is 1. The molecule has 4 aromatic rings. The molecule has 0 bridgehead atoms. The number of hydrogen-bond acceptors (Lipinski definition) is 7. The highest BCUT2D eigenvalue weighted by Crippen LogP contribution is 2.36. The lowest BCUT2D eigenvalue weighted by atomic mass is 9.95. The van der Waals surface area contributed by atoms with E-state index in [9.17, 15) is 9.59 Å². The number of ether oxygens (including phenoxy) is 3. The van der Waals surface area contributed by atoms with E-state index in [0.717, 1.165) is 22.3 Å². The van der Waals surface area contributed by atoms with Crippen LogP contribution in [0.2, 0.25) is 10.0 Å². The third kappa shape index (κ3) is 6.78. The van der Waals surface area contributed by atoms with E-state index in [0.29, 0.717) is 61.6 Å². The van der Waals surface area contributed by atoms with Gasteiger partial charge in [-0.3, -0.25) is 9.36 Å². The van der Waals surface area contributed by atoms with Crippen molar-refractivity contribution in [2.75, 3.05) is 13.7 Å². The molecule has 3 aromatic carbocycles. The van der Waals surface area contributed by atoms with Crippen molar-refractivity contribution in [3.63, 3.8) is 0 Å². The van der Waals surface area contributed by atoms with Crippen molar-refractivity contribution in [1.29, 1.82) is 0 Å². The number of rotatable bonds is 11. The van der Waals surface area contributed by atoms with Crippen LogP contribution in [0.3, 0.4) is 0 Å². The van der Waals surface area contributed by atoms with Crippen LogP contribution in [0.5, 0.6) is 11.5 Å². The molecule has 45 heavy (non-hydrogen) atoms. The van der Waals surface area contributed by atoms with Crippen LogP contribution >= 0.6 is 34.5 Å². The summed E-state index contributed by atoms with van der Waals surface area (Å²) in [5.74, 6) is 0.592. The summed E-state index contributed by atoms with van der Waals surface area (Å²) in [6.07, 6.45) is 4.60. The van der Waals surface area contributed by atoms with Gasteiger partial charge in [-0.15, -0.1) is 6.58 Å². The number of halogens is 2. The first-order valence-electron chi connectivity index (χ1n) is 14.4. The fourth-order valence-electron chi connectivity index (χ4n) is 5.26. The average Bonchev–Trinajstić information content (AvgIpc) is 3.34. The zero-order chi connectivity index (χ0) is 32.1. The molecule has 7 nitrogen and oxygen atoms in total. The van der Waals surface area contributed by atoms with Gasteiger partial charge in [0.25, 0.3) is 5.56 Å². The van der Waals surface area contributed by atoms with E-state index in [1.54, 1.807) is 22.8 Å². The van der Waals surface area contributed by atoms with Gasteiger partial charge >= 0.3 is 5.97 Å². The Balaban J connectivity index is 1.63. The Hall–Kier alpha value is -4.11. The molecule has 1 aliphatic rings. The molecule has 0 unspecified atom stereocenters. The highest BCUT2D eigenvalue weighted by Gasteiger charge is 2.33. The molecule has 2 heterocycles. The highest BCUT2D eigenvalue weighted by atomic mass is 35.5. The molecule has 10 heteroatoms. The minimum atomic E-state index is -0.669. The summed E-state index contributed by atoms with van der Waals surface area (Å²) in [5.41, 5.74) is 3.85. The fraction of sp³-hybridized carbons (Fsp3) is 0.229. The minimum absolute atomic E-state index is 0.208. The Morgan fingerprint density at radius 1 is 1.07 bits per heavy atom. The van der Waals surface area contributed by atoms with E-state index >= 15 is 0 Å². The average molecular weight is 664 g/mol. The van der Waals surface area contributed by atoms with Gasteiger partial charge < -0.3 is 14.2 Å². The maximum atomic E-state index is 14.1. The van der Waals surface area contributed by atoms with Gasteiger partial charge in [0.15, 0.2) is 16.3 Å². The number of thiazole rings is 1. The number of fused-ring (bicyclic) bond motifs is 1. The van der Waals surface area contributed by atoms with E-state index in [1.165, 1.54) is 18.4 Å². The van der Waals surface area contributed by atoms with Gasteiger partial charge in [0.05, 0.1) is 35.6 Å². The maximum absolute atomic E-state index is 14.1. The van der Waals surface area contributed by atoms with Crippen LogP contribution in [-0.4, -0.2) is 24.3 Å². The molecule has 232 valence electrons. The van der Waals surface area contributed by atoms with Crippen molar-refractivity contribution in [2.24, 2.45) is 4.99 Å². The summed E-state index contributed by atoms with van der Waals surface area (Å²) in [4.78, 5) is 32.4. The van der Waals surface area contributed by atoms with Gasteiger partial charge in [-0.05, 0) is 61.2 Å². The molecule has 1 aliphatic heterocycles. The van der Waals surface area contributed by atoms with E-state index in [-0.39, 0.29) is 12.2 Å². The maximum Gasteiger partial charge on any atom is 0.338 e. The van der Waals surface area contributed by atoms with E-state index in [1.807, 2.05) is 68.5 Å². The van der Waals surface area contributed by atoms with Crippen molar-refractivity contribution < 1.29 is 19.0 Å². The molecule has 0 spiro atoms. The first kappa shape index (κ1) is 32.3. The molecule has 5 rings (SSSR count). The van der Waals surface area contributed by atoms with Crippen molar-refractivity contribution in [3.05, 3.63) is 137 Å². The predicted octanol–water partition coefficient (Wildman–Crippen LogP) is 6.81. The second kappa shape index (κ2) is 14.3. The van der Waals surface area contributed by atoms with Crippen molar-refractivity contribution in [1.82, 2.24) is 4.57 Å². The number of allylic oxidation sites excluding steroid dienone is 2. The van der Waals surface area contributed by atoms with Crippen LogP contribution in [0, 0.1) is 0 Å². The number of benzene rings is 3. The Kier molecular flexibility index (Phi) is 10.3. The highest BCUT2D eigenvalue weighted by molar-refractivity contribution is 7.07. The molecule has 1 atom stereocenters. The molecule has 0 fully saturated rings. The topological polar surface area (TPSA) is 79.1 Å². The van der Waals surface area contributed by atoms with Gasteiger partial charge in [0.1, 0.15) is 6.61 Å². The van der Waals surface area contributed by atoms with Crippen LogP contribution in [-0.2, 0) is 22.6 Å². The molecular weight excluding hydrogens is 631 g/mol. The Morgan fingerprint density at radius 3 is 2.51 bits per heavy atom. The molecule has 0 N–H and O–H groups in total.